The van der Waals surface area contributed by atoms with Crippen LogP contribution in [0.5, 0.6) is 0 Å². The molecule has 25 heavy (non-hydrogen) atoms. The molecule has 0 aliphatic carbocycles. The number of anilines is 3. The maximum Gasteiger partial charge on any atom is 0.319 e. The van der Waals surface area contributed by atoms with Crippen molar-refractivity contribution < 1.29 is 9.18 Å². The summed E-state index contributed by atoms with van der Waals surface area (Å²) in [5.41, 5.74) is 0.377. The number of rotatable bonds is 5. The predicted octanol–water partition coefficient (Wildman–Crippen LogP) is 2.12. The van der Waals surface area contributed by atoms with Crippen molar-refractivity contribution in [1.82, 2.24) is 20.3 Å². The molecule has 0 saturated carbocycles. The number of urea groups is 1. The molecule has 1 aromatic heterocycles. The number of nitrogens with zero attached hydrogens (tertiary/aromatic N) is 5. The second-order valence-corrected chi connectivity index (χ2v) is 5.98. The van der Waals surface area contributed by atoms with Gasteiger partial charge in [0, 0.05) is 33.9 Å². The van der Waals surface area contributed by atoms with Gasteiger partial charge in [0.05, 0.1) is 11.6 Å². The van der Waals surface area contributed by atoms with Gasteiger partial charge in [-0.1, -0.05) is 11.6 Å². The molecule has 1 heterocycles. The third kappa shape index (κ3) is 5.15. The van der Waals surface area contributed by atoms with Crippen LogP contribution in [-0.4, -0.2) is 49.2 Å². The molecule has 0 unspecified atom stereocenters. The summed E-state index contributed by atoms with van der Waals surface area (Å²) >= 11 is 5.68. The summed E-state index contributed by atoms with van der Waals surface area (Å²) in [6, 6.07) is 3.43. The molecule has 2 rings (SSSR count). The quantitative estimate of drug-likeness (QED) is 0.841. The number of carbonyl (C=O) groups is 1. The first kappa shape index (κ1) is 18.7. The number of nitrogens with one attached hydrogen (secondary N) is 2. The number of benzene rings is 1. The van der Waals surface area contributed by atoms with Crippen LogP contribution in [0.4, 0.5) is 26.8 Å². The first-order chi connectivity index (χ1) is 11.8. The number of halogens is 2. The SMILES string of the molecule is CN(C)c1nc(CNC(=O)Nc2ccc(F)c(Cl)c2)nc(N(C)C)n1. The summed E-state index contributed by atoms with van der Waals surface area (Å²) in [6.07, 6.45) is 0. The minimum Gasteiger partial charge on any atom is -0.347 e. The van der Waals surface area contributed by atoms with E-state index in [9.17, 15) is 9.18 Å². The van der Waals surface area contributed by atoms with Crippen LogP contribution in [0.2, 0.25) is 5.02 Å². The Hall–Kier alpha value is -2.68. The van der Waals surface area contributed by atoms with Gasteiger partial charge in [0.2, 0.25) is 11.9 Å². The Balaban J connectivity index is 2.04. The molecular weight excluding hydrogens is 349 g/mol. The first-order valence-corrected chi connectivity index (χ1v) is 7.73. The zero-order valence-corrected chi connectivity index (χ0v) is 15.1. The Kier molecular flexibility index (Phi) is 5.92. The minimum absolute atomic E-state index is 0.0680. The Bertz CT molecular complexity index is 743. The van der Waals surface area contributed by atoms with Gasteiger partial charge in [0.1, 0.15) is 5.82 Å². The van der Waals surface area contributed by atoms with Gasteiger partial charge in [-0.2, -0.15) is 15.0 Å². The van der Waals surface area contributed by atoms with Crippen LogP contribution >= 0.6 is 11.6 Å². The molecule has 0 aliphatic heterocycles. The van der Waals surface area contributed by atoms with E-state index in [0.717, 1.165) is 0 Å². The molecule has 0 radical (unpaired) electrons. The topological polar surface area (TPSA) is 86.3 Å². The lowest BCUT2D eigenvalue weighted by molar-refractivity contribution is 0.251. The summed E-state index contributed by atoms with van der Waals surface area (Å²) in [7, 11) is 7.27. The number of aromatic nitrogens is 3. The highest BCUT2D eigenvalue weighted by Crippen LogP contribution is 2.19. The number of carbonyl (C=O) groups excluding carboxylic acids is 1. The molecular formula is C15H19ClFN7O. The fourth-order valence-corrected chi connectivity index (χ4v) is 1.96. The molecule has 134 valence electrons. The van der Waals surface area contributed by atoms with E-state index in [1.807, 2.05) is 28.2 Å². The van der Waals surface area contributed by atoms with Crippen LogP contribution in [0.1, 0.15) is 5.82 Å². The van der Waals surface area contributed by atoms with Crippen molar-refractivity contribution in [2.24, 2.45) is 0 Å². The molecule has 2 aromatic rings. The van der Waals surface area contributed by atoms with Gasteiger partial charge in [-0.25, -0.2) is 9.18 Å². The summed E-state index contributed by atoms with van der Waals surface area (Å²) in [5.74, 6) is 0.836. The van der Waals surface area contributed by atoms with Crippen LogP contribution in [0, 0.1) is 5.82 Å². The maximum absolute atomic E-state index is 13.1. The number of amides is 2. The number of hydrogen-bond donors (Lipinski definition) is 2. The molecule has 0 saturated heterocycles. The Morgan fingerprint density at radius 1 is 1.12 bits per heavy atom. The lowest BCUT2D eigenvalue weighted by Crippen LogP contribution is -2.30. The Labute approximate surface area is 150 Å². The standard InChI is InChI=1S/C15H19ClFN7O/c1-23(2)13-20-12(21-14(22-13)24(3)4)8-18-15(25)19-9-5-6-11(17)10(16)7-9/h5-7H,8H2,1-4H3,(H2,18,19,25). The van der Waals surface area contributed by atoms with Gasteiger partial charge >= 0.3 is 6.03 Å². The largest absolute Gasteiger partial charge is 0.347 e. The third-order valence-electron chi connectivity index (χ3n) is 3.04. The van der Waals surface area contributed by atoms with E-state index >= 15 is 0 Å². The van der Waals surface area contributed by atoms with Gasteiger partial charge in [0.15, 0.2) is 5.82 Å². The van der Waals surface area contributed by atoms with Crippen molar-refractivity contribution in [2.75, 3.05) is 43.3 Å². The van der Waals surface area contributed by atoms with E-state index < -0.39 is 11.8 Å². The van der Waals surface area contributed by atoms with Crippen molar-refractivity contribution in [3.63, 3.8) is 0 Å². The average molecular weight is 368 g/mol. The van der Waals surface area contributed by atoms with Crippen molar-refractivity contribution >= 4 is 35.2 Å². The normalized spacial score (nSPS) is 10.3. The zero-order chi connectivity index (χ0) is 18.6. The second kappa shape index (κ2) is 7.93. The van der Waals surface area contributed by atoms with E-state index in [1.54, 1.807) is 9.80 Å². The molecule has 8 nitrogen and oxygen atoms in total. The van der Waals surface area contributed by atoms with Crippen LogP contribution in [-0.2, 0) is 6.54 Å². The van der Waals surface area contributed by atoms with Crippen molar-refractivity contribution in [3.05, 3.63) is 34.9 Å². The van der Waals surface area contributed by atoms with Crippen LogP contribution < -0.4 is 20.4 Å². The molecule has 0 aliphatic rings. The van der Waals surface area contributed by atoms with Gasteiger partial charge in [-0.15, -0.1) is 0 Å². The molecule has 0 spiro atoms. The lowest BCUT2D eigenvalue weighted by atomic mass is 10.3. The Morgan fingerprint density at radius 3 is 2.24 bits per heavy atom. The fourth-order valence-electron chi connectivity index (χ4n) is 1.78. The summed E-state index contributed by atoms with van der Waals surface area (Å²) in [6.45, 7) is 0.102. The van der Waals surface area contributed by atoms with E-state index in [-0.39, 0.29) is 11.6 Å². The zero-order valence-electron chi connectivity index (χ0n) is 14.3. The van der Waals surface area contributed by atoms with Gasteiger partial charge in [-0.3, -0.25) is 0 Å². The van der Waals surface area contributed by atoms with E-state index in [1.165, 1.54) is 18.2 Å². The molecule has 0 fully saturated rings. The van der Waals surface area contributed by atoms with E-state index in [2.05, 4.69) is 25.6 Å². The average Bonchev–Trinajstić information content (AvgIpc) is 2.56. The fraction of sp³-hybridized carbons (Fsp3) is 0.333. The van der Waals surface area contributed by atoms with E-state index in [4.69, 9.17) is 11.6 Å². The highest BCUT2D eigenvalue weighted by atomic mass is 35.5. The third-order valence-corrected chi connectivity index (χ3v) is 3.33. The molecule has 2 amide bonds. The maximum atomic E-state index is 13.1. The molecule has 0 bridgehead atoms. The highest BCUT2D eigenvalue weighted by molar-refractivity contribution is 6.31. The van der Waals surface area contributed by atoms with Crippen molar-refractivity contribution in [3.8, 4) is 0 Å². The lowest BCUT2D eigenvalue weighted by Gasteiger charge is -2.16. The molecule has 10 heteroatoms. The van der Waals surface area contributed by atoms with Crippen molar-refractivity contribution in [2.45, 2.75) is 6.54 Å². The van der Waals surface area contributed by atoms with Gasteiger partial charge < -0.3 is 20.4 Å². The molecule has 1 aromatic carbocycles. The summed E-state index contributed by atoms with van der Waals surface area (Å²) in [4.78, 5) is 28.3. The van der Waals surface area contributed by atoms with Crippen LogP contribution in [0.15, 0.2) is 18.2 Å². The highest BCUT2D eigenvalue weighted by Gasteiger charge is 2.11. The number of hydrogen-bond acceptors (Lipinski definition) is 6. The van der Waals surface area contributed by atoms with Crippen molar-refractivity contribution in [1.29, 1.82) is 0 Å². The van der Waals surface area contributed by atoms with Gasteiger partial charge in [-0.05, 0) is 18.2 Å². The summed E-state index contributed by atoms with van der Waals surface area (Å²) in [5, 5.41) is 5.13. The predicted molar refractivity (Wildman–Crippen MR) is 95.7 cm³/mol. The summed E-state index contributed by atoms with van der Waals surface area (Å²) < 4.78 is 13.1. The minimum atomic E-state index is -0.551. The van der Waals surface area contributed by atoms with Crippen LogP contribution in [0.3, 0.4) is 0 Å². The van der Waals surface area contributed by atoms with Crippen LogP contribution in [0.25, 0.3) is 0 Å². The molecule has 2 N–H and O–H groups in total. The first-order valence-electron chi connectivity index (χ1n) is 7.35. The van der Waals surface area contributed by atoms with E-state index in [0.29, 0.717) is 23.4 Å². The van der Waals surface area contributed by atoms with Gasteiger partial charge in [0.25, 0.3) is 0 Å². The monoisotopic (exact) mass is 367 g/mol. The second-order valence-electron chi connectivity index (χ2n) is 5.58. The molecule has 0 atom stereocenters. The Morgan fingerprint density at radius 2 is 1.72 bits per heavy atom. The smallest absolute Gasteiger partial charge is 0.319 e.